The quantitative estimate of drug-likeness (QED) is 0.0402. The minimum Gasteiger partial charge on any atom is -0.544 e. The van der Waals surface area contributed by atoms with Gasteiger partial charge in [-0.15, -0.1) is 0 Å². The highest BCUT2D eigenvalue weighted by atomic mass is 28.4. The normalized spacial score (nSPS) is 12.1. The molecule has 0 unspecified atom stereocenters. The number of unbranched alkanes of at least 4 members (excludes halogenated alkanes) is 10. The molecule has 260 valence electrons. The SMILES string of the molecule is CCCCCCCC[Si](C)(C)Oc1c(C(=O)Oc2cccc3ccccc23)cc(O[Si](C)(C)CCCCCCCC)c2c(C)cccc12. The molecule has 0 heterocycles. The van der Waals surface area contributed by atoms with E-state index in [1.165, 1.54) is 70.6 Å². The van der Waals surface area contributed by atoms with Gasteiger partial charge in [-0.3, -0.25) is 0 Å². The molecular formula is C42H60O4Si2. The lowest BCUT2D eigenvalue weighted by atomic mass is 10.0. The summed E-state index contributed by atoms with van der Waals surface area (Å²) in [4.78, 5) is 14.3. The topological polar surface area (TPSA) is 44.8 Å². The largest absolute Gasteiger partial charge is 0.544 e. The van der Waals surface area contributed by atoms with Crippen LogP contribution in [0.3, 0.4) is 0 Å². The Morgan fingerprint density at radius 3 is 1.81 bits per heavy atom. The van der Waals surface area contributed by atoms with Crippen LogP contribution in [0.15, 0.2) is 66.7 Å². The Kier molecular flexibility index (Phi) is 14.2. The van der Waals surface area contributed by atoms with E-state index in [1.807, 2.05) is 48.5 Å². The van der Waals surface area contributed by atoms with E-state index in [0.29, 0.717) is 17.1 Å². The maximum atomic E-state index is 14.3. The zero-order valence-electron chi connectivity index (χ0n) is 30.9. The average molecular weight is 685 g/mol. The summed E-state index contributed by atoms with van der Waals surface area (Å²) in [6, 6.07) is 24.2. The van der Waals surface area contributed by atoms with Crippen molar-refractivity contribution in [2.24, 2.45) is 0 Å². The average Bonchev–Trinajstić information content (AvgIpc) is 3.05. The number of hydrogen-bond acceptors (Lipinski definition) is 4. The molecule has 0 fully saturated rings. The standard InChI is InChI=1S/C42H60O4Si2/c1-8-10-12-14-16-20-30-47(4,5)45-39-32-37(42(43)44-38-29-23-26-34-25-18-19-27-35(34)38)41(36-28-22-24-33(3)40(36)39)46-48(6,7)31-21-17-15-13-11-9-2/h18-19,22-29,32H,8-17,20-21,30-31H2,1-7H3. The van der Waals surface area contributed by atoms with Crippen molar-refractivity contribution in [3.8, 4) is 17.2 Å². The molecule has 0 saturated heterocycles. The van der Waals surface area contributed by atoms with Crippen LogP contribution in [0.1, 0.15) is 107 Å². The monoisotopic (exact) mass is 684 g/mol. The second kappa shape index (κ2) is 18.1. The minimum atomic E-state index is -2.20. The highest BCUT2D eigenvalue weighted by Gasteiger charge is 2.32. The first-order valence-electron chi connectivity index (χ1n) is 18.7. The lowest BCUT2D eigenvalue weighted by molar-refractivity contribution is 0.0735. The minimum absolute atomic E-state index is 0.408. The van der Waals surface area contributed by atoms with Gasteiger partial charge >= 0.3 is 5.97 Å². The van der Waals surface area contributed by atoms with E-state index in [-0.39, 0.29) is 0 Å². The van der Waals surface area contributed by atoms with Crippen LogP contribution in [-0.4, -0.2) is 22.6 Å². The van der Waals surface area contributed by atoms with Crippen LogP contribution < -0.4 is 13.6 Å². The number of carbonyl (C=O) groups is 1. The van der Waals surface area contributed by atoms with E-state index in [0.717, 1.165) is 51.4 Å². The molecule has 0 N–H and O–H groups in total. The number of rotatable bonds is 20. The first-order valence-corrected chi connectivity index (χ1v) is 24.9. The van der Waals surface area contributed by atoms with E-state index in [2.05, 4.69) is 65.2 Å². The zero-order chi connectivity index (χ0) is 34.6. The zero-order valence-corrected chi connectivity index (χ0v) is 32.9. The Morgan fingerprint density at radius 2 is 1.15 bits per heavy atom. The molecule has 0 spiro atoms. The number of carbonyl (C=O) groups excluding carboxylic acids is 1. The predicted octanol–water partition coefficient (Wildman–Crippen LogP) is 13.4. The van der Waals surface area contributed by atoms with Crippen molar-refractivity contribution in [3.05, 3.63) is 77.9 Å². The molecule has 0 bridgehead atoms. The molecule has 0 radical (unpaired) electrons. The van der Waals surface area contributed by atoms with E-state index < -0.39 is 22.6 Å². The third-order valence-electron chi connectivity index (χ3n) is 9.49. The molecule has 0 aliphatic rings. The summed E-state index contributed by atoms with van der Waals surface area (Å²) in [5.41, 5.74) is 1.57. The molecule has 0 aromatic heterocycles. The number of esters is 1. The molecule has 6 heteroatoms. The fourth-order valence-electron chi connectivity index (χ4n) is 6.72. The van der Waals surface area contributed by atoms with Crippen LogP contribution in [0.25, 0.3) is 21.5 Å². The fourth-order valence-corrected chi connectivity index (χ4v) is 10.7. The summed E-state index contributed by atoms with van der Waals surface area (Å²) in [5, 5.41) is 3.92. The van der Waals surface area contributed by atoms with Gasteiger partial charge in [0, 0.05) is 16.2 Å². The fraction of sp³-hybridized carbons (Fsp3) is 0.500. The molecule has 0 atom stereocenters. The van der Waals surface area contributed by atoms with Crippen molar-refractivity contribution in [2.75, 3.05) is 0 Å². The first-order chi connectivity index (χ1) is 23.0. The van der Waals surface area contributed by atoms with Gasteiger partial charge in [-0.25, -0.2) is 4.79 Å². The second-order valence-electron chi connectivity index (χ2n) is 14.9. The third kappa shape index (κ3) is 10.7. The number of benzene rings is 4. The van der Waals surface area contributed by atoms with Crippen molar-refractivity contribution in [2.45, 2.75) is 136 Å². The molecule has 4 nitrogen and oxygen atoms in total. The number of aryl methyl sites for hydroxylation is 1. The highest BCUT2D eigenvalue weighted by Crippen LogP contribution is 2.42. The lowest BCUT2D eigenvalue weighted by Gasteiger charge is -2.30. The van der Waals surface area contributed by atoms with Gasteiger partial charge in [0.25, 0.3) is 0 Å². The molecule has 4 aromatic rings. The van der Waals surface area contributed by atoms with Crippen molar-refractivity contribution in [3.63, 3.8) is 0 Å². The van der Waals surface area contributed by atoms with Crippen LogP contribution in [0.5, 0.6) is 17.2 Å². The first kappa shape index (κ1) is 37.7. The Labute approximate surface area is 292 Å². The van der Waals surface area contributed by atoms with Gasteiger partial charge in [0.2, 0.25) is 16.6 Å². The lowest BCUT2D eigenvalue weighted by Crippen LogP contribution is -2.35. The Morgan fingerprint density at radius 1 is 0.604 bits per heavy atom. The Bertz CT molecular complexity index is 1620. The van der Waals surface area contributed by atoms with Crippen LogP contribution in [0, 0.1) is 6.92 Å². The second-order valence-corrected chi connectivity index (χ2v) is 23.3. The van der Waals surface area contributed by atoms with Gasteiger partial charge in [0.1, 0.15) is 22.8 Å². The molecular weight excluding hydrogens is 625 g/mol. The highest BCUT2D eigenvalue weighted by molar-refractivity contribution is 6.72. The van der Waals surface area contributed by atoms with Crippen LogP contribution in [0.4, 0.5) is 0 Å². The van der Waals surface area contributed by atoms with Gasteiger partial charge in [-0.1, -0.05) is 145 Å². The van der Waals surface area contributed by atoms with Crippen molar-refractivity contribution in [1.29, 1.82) is 0 Å². The smallest absolute Gasteiger partial charge is 0.347 e. The van der Waals surface area contributed by atoms with Gasteiger partial charge in [0.15, 0.2) is 0 Å². The van der Waals surface area contributed by atoms with Crippen molar-refractivity contribution < 1.29 is 18.4 Å². The molecule has 4 aromatic carbocycles. The summed E-state index contributed by atoms with van der Waals surface area (Å²) >= 11 is 0. The molecule has 0 saturated carbocycles. The van der Waals surface area contributed by atoms with Crippen LogP contribution in [0.2, 0.25) is 38.3 Å². The van der Waals surface area contributed by atoms with E-state index in [9.17, 15) is 4.79 Å². The predicted molar refractivity (Wildman–Crippen MR) is 210 cm³/mol. The molecule has 0 aliphatic heterocycles. The van der Waals surface area contributed by atoms with Crippen LogP contribution in [-0.2, 0) is 0 Å². The number of ether oxygens (including phenoxy) is 1. The van der Waals surface area contributed by atoms with Gasteiger partial charge in [0.05, 0.1) is 0 Å². The number of fused-ring (bicyclic) bond motifs is 2. The summed E-state index contributed by atoms with van der Waals surface area (Å²) in [6.45, 7) is 15.8. The van der Waals surface area contributed by atoms with Crippen molar-refractivity contribution in [1.82, 2.24) is 0 Å². The van der Waals surface area contributed by atoms with Crippen molar-refractivity contribution >= 4 is 44.1 Å². The number of hydrogen-bond donors (Lipinski definition) is 0. The maximum Gasteiger partial charge on any atom is 0.347 e. The van der Waals surface area contributed by atoms with Gasteiger partial charge < -0.3 is 13.6 Å². The maximum absolute atomic E-state index is 14.3. The Hall–Kier alpha value is -3.10. The summed E-state index contributed by atoms with van der Waals surface area (Å²) in [5.74, 6) is 1.56. The Balaban J connectivity index is 1.71. The van der Waals surface area contributed by atoms with E-state index in [1.54, 1.807) is 0 Å². The summed E-state index contributed by atoms with van der Waals surface area (Å²) in [6.07, 6.45) is 15.1. The van der Waals surface area contributed by atoms with Gasteiger partial charge in [-0.05, 0) is 68.3 Å². The molecule has 4 rings (SSSR count). The molecule has 0 aliphatic carbocycles. The van der Waals surface area contributed by atoms with E-state index >= 15 is 0 Å². The third-order valence-corrected chi connectivity index (χ3v) is 14.1. The van der Waals surface area contributed by atoms with E-state index in [4.69, 9.17) is 13.6 Å². The summed E-state index contributed by atoms with van der Waals surface area (Å²) in [7, 11) is -4.30. The molecule has 0 amide bonds. The molecule has 48 heavy (non-hydrogen) atoms. The van der Waals surface area contributed by atoms with Gasteiger partial charge in [-0.2, -0.15) is 0 Å². The van der Waals surface area contributed by atoms with Crippen LogP contribution >= 0.6 is 0 Å². The summed E-state index contributed by atoms with van der Waals surface area (Å²) < 4.78 is 20.3.